The molecule has 0 saturated heterocycles. The molecule has 0 radical (unpaired) electrons. The maximum Gasteiger partial charge on any atom is 0.331 e. The molecule has 0 saturated carbocycles. The third kappa shape index (κ3) is 3.96. The van der Waals surface area contributed by atoms with Gasteiger partial charge in [0.05, 0.1) is 26.4 Å². The first-order valence-corrected chi connectivity index (χ1v) is 7.77. The molecule has 2 aromatic rings. The molecule has 24 heavy (non-hydrogen) atoms. The molecule has 0 spiro atoms. The fourth-order valence-corrected chi connectivity index (χ4v) is 2.48. The van der Waals surface area contributed by atoms with E-state index in [1.807, 2.05) is 49.4 Å². The molecule has 0 aromatic heterocycles. The van der Waals surface area contributed by atoms with Crippen molar-refractivity contribution in [3.63, 3.8) is 0 Å². The minimum Gasteiger partial charge on any atom is -0.496 e. The second-order valence-corrected chi connectivity index (χ2v) is 5.19. The smallest absolute Gasteiger partial charge is 0.331 e. The van der Waals surface area contributed by atoms with E-state index in [0.29, 0.717) is 6.61 Å². The quantitative estimate of drug-likeness (QED) is 0.585. The van der Waals surface area contributed by atoms with E-state index in [2.05, 4.69) is 0 Å². The number of rotatable bonds is 6. The standard InChI is InChI=1S/C20H22O4/c1-5-24-19(21)13-14(2)15-9-11-16(12-10-15)20-17(22-3)7-6-8-18(20)23-4/h6-13H,5H2,1-4H3. The molecule has 0 bridgehead atoms. The van der Waals surface area contributed by atoms with Gasteiger partial charge < -0.3 is 14.2 Å². The first-order chi connectivity index (χ1) is 11.6. The molecule has 0 aliphatic rings. The Kier molecular flexibility index (Phi) is 6.01. The molecular formula is C20H22O4. The van der Waals surface area contributed by atoms with Crippen molar-refractivity contribution in [3.05, 3.63) is 54.1 Å². The lowest BCUT2D eigenvalue weighted by Crippen LogP contribution is -2.00. The number of methoxy groups -OCH3 is 2. The van der Waals surface area contributed by atoms with Crippen LogP contribution < -0.4 is 9.47 Å². The van der Waals surface area contributed by atoms with Gasteiger partial charge >= 0.3 is 5.97 Å². The molecule has 0 aliphatic heterocycles. The number of ether oxygens (including phenoxy) is 3. The van der Waals surface area contributed by atoms with Crippen LogP contribution in [0.4, 0.5) is 0 Å². The van der Waals surface area contributed by atoms with Crippen LogP contribution in [0.15, 0.2) is 48.5 Å². The Morgan fingerprint density at radius 3 is 2.08 bits per heavy atom. The minimum absolute atomic E-state index is 0.328. The average Bonchev–Trinajstić information content (AvgIpc) is 2.61. The zero-order valence-corrected chi connectivity index (χ0v) is 14.5. The molecule has 0 aliphatic carbocycles. The summed E-state index contributed by atoms with van der Waals surface area (Å²) in [4.78, 5) is 11.6. The lowest BCUT2D eigenvalue weighted by molar-refractivity contribution is -0.137. The van der Waals surface area contributed by atoms with E-state index in [9.17, 15) is 4.79 Å². The first kappa shape index (κ1) is 17.6. The lowest BCUT2D eigenvalue weighted by Gasteiger charge is -2.13. The summed E-state index contributed by atoms with van der Waals surface area (Å²) in [6, 6.07) is 13.6. The molecule has 2 aromatic carbocycles. The van der Waals surface area contributed by atoms with Gasteiger partial charge in [0.1, 0.15) is 11.5 Å². The second kappa shape index (κ2) is 8.20. The van der Waals surface area contributed by atoms with Crippen molar-refractivity contribution >= 4 is 11.5 Å². The number of hydrogen-bond acceptors (Lipinski definition) is 4. The van der Waals surface area contributed by atoms with Gasteiger partial charge in [0, 0.05) is 6.08 Å². The molecule has 126 valence electrons. The zero-order chi connectivity index (χ0) is 17.5. The van der Waals surface area contributed by atoms with E-state index in [4.69, 9.17) is 14.2 Å². The van der Waals surface area contributed by atoms with Crippen LogP contribution in [0.1, 0.15) is 19.4 Å². The van der Waals surface area contributed by atoms with E-state index in [-0.39, 0.29) is 5.97 Å². The summed E-state index contributed by atoms with van der Waals surface area (Å²) in [5, 5.41) is 0. The Morgan fingerprint density at radius 2 is 1.58 bits per heavy atom. The predicted octanol–water partition coefficient (Wildman–Crippen LogP) is 4.34. The van der Waals surface area contributed by atoms with Gasteiger partial charge in [0.2, 0.25) is 0 Å². The molecule has 0 fully saturated rings. The van der Waals surface area contributed by atoms with Crippen LogP contribution in [-0.4, -0.2) is 26.8 Å². The highest BCUT2D eigenvalue weighted by Gasteiger charge is 2.12. The maximum atomic E-state index is 11.6. The summed E-state index contributed by atoms with van der Waals surface area (Å²) in [5.41, 5.74) is 3.70. The lowest BCUT2D eigenvalue weighted by atomic mass is 9.99. The van der Waals surface area contributed by atoms with E-state index in [1.54, 1.807) is 21.1 Å². The molecular weight excluding hydrogens is 304 g/mol. The Labute approximate surface area is 142 Å². The van der Waals surface area contributed by atoms with E-state index < -0.39 is 0 Å². The van der Waals surface area contributed by atoms with E-state index >= 15 is 0 Å². The third-order valence-electron chi connectivity index (χ3n) is 3.68. The normalized spacial score (nSPS) is 11.1. The van der Waals surface area contributed by atoms with Crippen LogP contribution in [0.5, 0.6) is 11.5 Å². The number of esters is 1. The second-order valence-electron chi connectivity index (χ2n) is 5.19. The monoisotopic (exact) mass is 326 g/mol. The van der Waals surface area contributed by atoms with Gasteiger partial charge in [-0.15, -0.1) is 0 Å². The van der Waals surface area contributed by atoms with E-state index in [1.165, 1.54) is 6.08 Å². The van der Waals surface area contributed by atoms with Gasteiger partial charge in [0.25, 0.3) is 0 Å². The molecule has 4 heteroatoms. The van der Waals surface area contributed by atoms with Crippen LogP contribution in [-0.2, 0) is 9.53 Å². The molecule has 0 amide bonds. The summed E-state index contributed by atoms with van der Waals surface area (Å²) in [7, 11) is 3.28. The highest BCUT2D eigenvalue weighted by molar-refractivity contribution is 5.91. The molecule has 0 heterocycles. The maximum absolute atomic E-state index is 11.6. The topological polar surface area (TPSA) is 44.8 Å². The minimum atomic E-state index is -0.328. The fourth-order valence-electron chi connectivity index (χ4n) is 2.48. The first-order valence-electron chi connectivity index (χ1n) is 7.77. The number of carbonyl (C=O) groups is 1. The Hall–Kier alpha value is -2.75. The van der Waals surface area contributed by atoms with Crippen molar-refractivity contribution in [2.75, 3.05) is 20.8 Å². The van der Waals surface area contributed by atoms with Crippen LogP contribution >= 0.6 is 0 Å². The molecule has 0 atom stereocenters. The number of carbonyl (C=O) groups excluding carboxylic acids is 1. The summed E-state index contributed by atoms with van der Waals surface area (Å²) < 4.78 is 15.8. The highest BCUT2D eigenvalue weighted by Crippen LogP contribution is 2.38. The largest absolute Gasteiger partial charge is 0.496 e. The van der Waals surface area contributed by atoms with Crippen molar-refractivity contribution in [1.82, 2.24) is 0 Å². The Bertz CT molecular complexity index is 708. The Balaban J connectivity index is 2.35. The van der Waals surface area contributed by atoms with Crippen LogP contribution in [0.3, 0.4) is 0 Å². The summed E-state index contributed by atoms with van der Waals surface area (Å²) in [6.07, 6.45) is 1.50. The van der Waals surface area contributed by atoms with Crippen molar-refractivity contribution < 1.29 is 19.0 Å². The van der Waals surface area contributed by atoms with Crippen LogP contribution in [0.25, 0.3) is 16.7 Å². The van der Waals surface area contributed by atoms with Crippen molar-refractivity contribution in [3.8, 4) is 22.6 Å². The number of hydrogen-bond donors (Lipinski definition) is 0. The molecule has 0 unspecified atom stereocenters. The Morgan fingerprint density at radius 1 is 1.00 bits per heavy atom. The molecule has 0 N–H and O–H groups in total. The average molecular weight is 326 g/mol. The van der Waals surface area contributed by atoms with Gasteiger partial charge in [-0.05, 0) is 42.7 Å². The van der Waals surface area contributed by atoms with Crippen molar-refractivity contribution in [2.45, 2.75) is 13.8 Å². The number of benzene rings is 2. The van der Waals surface area contributed by atoms with Crippen molar-refractivity contribution in [1.29, 1.82) is 0 Å². The van der Waals surface area contributed by atoms with Gasteiger partial charge in [0.15, 0.2) is 0 Å². The molecule has 2 rings (SSSR count). The van der Waals surface area contributed by atoms with Crippen molar-refractivity contribution in [2.24, 2.45) is 0 Å². The predicted molar refractivity (Wildman–Crippen MR) is 95.3 cm³/mol. The highest BCUT2D eigenvalue weighted by atomic mass is 16.5. The zero-order valence-electron chi connectivity index (χ0n) is 14.5. The SMILES string of the molecule is CCOC(=O)C=C(C)c1ccc(-c2c(OC)cccc2OC)cc1. The van der Waals surface area contributed by atoms with Crippen LogP contribution in [0, 0.1) is 0 Å². The van der Waals surface area contributed by atoms with Gasteiger partial charge in [-0.3, -0.25) is 0 Å². The van der Waals surface area contributed by atoms with E-state index in [0.717, 1.165) is 33.8 Å². The summed E-state index contributed by atoms with van der Waals surface area (Å²) in [5.74, 6) is 1.17. The van der Waals surface area contributed by atoms with Gasteiger partial charge in [-0.1, -0.05) is 30.3 Å². The molecule has 4 nitrogen and oxygen atoms in total. The summed E-state index contributed by atoms with van der Waals surface area (Å²) >= 11 is 0. The number of allylic oxidation sites excluding steroid dienone is 1. The van der Waals surface area contributed by atoms with Gasteiger partial charge in [-0.2, -0.15) is 0 Å². The van der Waals surface area contributed by atoms with Gasteiger partial charge in [-0.25, -0.2) is 4.79 Å². The summed E-state index contributed by atoms with van der Waals surface area (Å²) in [6.45, 7) is 4.04. The third-order valence-corrected chi connectivity index (χ3v) is 3.68. The fraction of sp³-hybridized carbons (Fsp3) is 0.250. The van der Waals surface area contributed by atoms with Crippen LogP contribution in [0.2, 0.25) is 0 Å².